The number of nitrogens with two attached hydrogens (primary N) is 1. The van der Waals surface area contributed by atoms with E-state index in [0.29, 0.717) is 0 Å². The highest BCUT2D eigenvalue weighted by molar-refractivity contribution is 6.00. The van der Waals surface area contributed by atoms with Crippen molar-refractivity contribution < 1.29 is 10.3 Å². The number of aryl methyl sites for hydroxylation is 2. The maximum Gasteiger partial charge on any atom is 0.323 e. The predicted octanol–water partition coefficient (Wildman–Crippen LogP) is 2.18. The Morgan fingerprint density at radius 2 is 1.32 bits per heavy atom. The molecule has 2 aromatic rings. The Bertz CT molecular complexity index is 563. The van der Waals surface area contributed by atoms with Crippen molar-refractivity contribution in [1.29, 1.82) is 0 Å². The molecule has 0 aliphatic carbocycles. The molecular formula is C15H16N2O2. The summed E-state index contributed by atoms with van der Waals surface area (Å²) in [6.07, 6.45) is 1.86. The molecule has 4 nitrogen and oxygen atoms in total. The lowest BCUT2D eigenvalue weighted by molar-refractivity contribution is 0.256. The Morgan fingerprint density at radius 3 is 1.74 bits per heavy atom. The van der Waals surface area contributed by atoms with Gasteiger partial charge in [-0.15, -0.1) is 0 Å². The Labute approximate surface area is 111 Å². The smallest absolute Gasteiger partial charge is 0.323 e. The quantitative estimate of drug-likeness (QED) is 0.770. The summed E-state index contributed by atoms with van der Waals surface area (Å²) in [5.41, 5.74) is 9.67. The summed E-state index contributed by atoms with van der Waals surface area (Å²) in [6.45, 7) is 0. The van der Waals surface area contributed by atoms with Crippen LogP contribution in [0.3, 0.4) is 0 Å². The van der Waals surface area contributed by atoms with Crippen LogP contribution in [0.25, 0.3) is 0 Å². The Hall–Kier alpha value is -2.33. The van der Waals surface area contributed by atoms with Crippen LogP contribution in [0.15, 0.2) is 48.5 Å². The topological polar surface area (TPSA) is 77.8 Å². The number of hydrogen-bond acceptors (Lipinski definition) is 1. The van der Waals surface area contributed by atoms with Crippen molar-refractivity contribution in [2.75, 3.05) is 4.90 Å². The number of fused-ring (bicyclic) bond motifs is 2. The van der Waals surface area contributed by atoms with Crippen LogP contribution in [0.1, 0.15) is 11.1 Å². The summed E-state index contributed by atoms with van der Waals surface area (Å²) in [5, 5.41) is 0. The van der Waals surface area contributed by atoms with E-state index in [2.05, 4.69) is 12.1 Å². The van der Waals surface area contributed by atoms with Crippen LogP contribution >= 0.6 is 0 Å². The zero-order valence-electron chi connectivity index (χ0n) is 10.5. The molecule has 0 atom stereocenters. The van der Waals surface area contributed by atoms with Gasteiger partial charge < -0.3 is 11.2 Å². The zero-order valence-corrected chi connectivity index (χ0v) is 10.5. The predicted molar refractivity (Wildman–Crippen MR) is 75.6 cm³/mol. The molecule has 4 heteroatoms. The highest BCUT2D eigenvalue weighted by Gasteiger charge is 2.23. The number of nitrogens with zero attached hydrogens (tertiary/aromatic N) is 1. The number of rotatable bonds is 0. The van der Waals surface area contributed by atoms with Gasteiger partial charge in [-0.3, -0.25) is 4.90 Å². The standard InChI is InChI=1S/C15H14N2O.H2O/c16-15(18)17-13-7-3-1-5-11(13)9-10-12-6-2-4-8-14(12)17;/h1-8H,9-10H2,(H2,16,18);1H2. The van der Waals surface area contributed by atoms with Gasteiger partial charge in [0, 0.05) is 0 Å². The second kappa shape index (κ2) is 5.12. The molecule has 98 valence electrons. The first-order valence-electron chi connectivity index (χ1n) is 6.03. The number of hydrogen-bond donors (Lipinski definition) is 1. The molecule has 0 unspecified atom stereocenters. The summed E-state index contributed by atoms with van der Waals surface area (Å²) < 4.78 is 0. The van der Waals surface area contributed by atoms with E-state index in [4.69, 9.17) is 5.73 Å². The number of para-hydroxylation sites is 2. The SMILES string of the molecule is NC(=O)N1c2ccccc2CCc2ccccc21.O. The molecule has 0 saturated heterocycles. The van der Waals surface area contributed by atoms with Crippen molar-refractivity contribution in [3.05, 3.63) is 59.7 Å². The van der Waals surface area contributed by atoms with Crippen LogP contribution in [-0.2, 0) is 12.8 Å². The minimum Gasteiger partial charge on any atom is -0.412 e. The van der Waals surface area contributed by atoms with Gasteiger partial charge in [0.05, 0.1) is 11.4 Å². The number of carbonyl (C=O) groups excluding carboxylic acids is 1. The van der Waals surface area contributed by atoms with Crippen molar-refractivity contribution in [1.82, 2.24) is 0 Å². The molecule has 0 saturated carbocycles. The van der Waals surface area contributed by atoms with Gasteiger partial charge >= 0.3 is 6.03 Å². The normalized spacial score (nSPS) is 12.7. The van der Waals surface area contributed by atoms with Crippen LogP contribution in [0.4, 0.5) is 16.2 Å². The summed E-state index contributed by atoms with van der Waals surface area (Å²) in [4.78, 5) is 13.4. The maximum absolute atomic E-state index is 11.8. The van der Waals surface area contributed by atoms with E-state index in [-0.39, 0.29) is 5.48 Å². The van der Waals surface area contributed by atoms with Crippen LogP contribution < -0.4 is 10.6 Å². The van der Waals surface area contributed by atoms with Crippen LogP contribution in [0.2, 0.25) is 0 Å². The Kier molecular flexibility index (Phi) is 3.53. The van der Waals surface area contributed by atoms with Crippen LogP contribution in [0.5, 0.6) is 0 Å². The first-order valence-corrected chi connectivity index (χ1v) is 6.03. The molecule has 0 fully saturated rings. The fraction of sp³-hybridized carbons (Fsp3) is 0.133. The largest absolute Gasteiger partial charge is 0.412 e. The lowest BCUT2D eigenvalue weighted by atomic mass is 10.0. The molecule has 3 rings (SSSR count). The molecule has 4 N–H and O–H groups in total. The molecular weight excluding hydrogens is 240 g/mol. The second-order valence-electron chi connectivity index (χ2n) is 4.43. The fourth-order valence-electron chi connectivity index (χ4n) is 2.52. The molecule has 0 bridgehead atoms. The minimum absolute atomic E-state index is 0. The molecule has 0 radical (unpaired) electrons. The maximum atomic E-state index is 11.8. The third kappa shape index (κ3) is 2.18. The van der Waals surface area contributed by atoms with Crippen LogP contribution in [-0.4, -0.2) is 11.5 Å². The van der Waals surface area contributed by atoms with E-state index < -0.39 is 6.03 Å². The number of anilines is 2. The third-order valence-electron chi connectivity index (χ3n) is 3.35. The lowest BCUT2D eigenvalue weighted by Gasteiger charge is -2.22. The summed E-state index contributed by atoms with van der Waals surface area (Å²) in [5.74, 6) is 0. The monoisotopic (exact) mass is 256 g/mol. The Morgan fingerprint density at radius 1 is 0.895 bits per heavy atom. The van der Waals surface area contributed by atoms with Gasteiger partial charge in [-0.1, -0.05) is 36.4 Å². The zero-order chi connectivity index (χ0) is 12.5. The van der Waals surface area contributed by atoms with Crippen molar-refractivity contribution in [2.24, 2.45) is 5.73 Å². The average molecular weight is 256 g/mol. The van der Waals surface area contributed by atoms with Gasteiger partial charge in [0.2, 0.25) is 0 Å². The number of carbonyl (C=O) groups is 1. The molecule has 1 aliphatic heterocycles. The van der Waals surface area contributed by atoms with Crippen molar-refractivity contribution >= 4 is 17.4 Å². The van der Waals surface area contributed by atoms with Gasteiger partial charge in [-0.2, -0.15) is 0 Å². The molecule has 0 aromatic heterocycles. The van der Waals surface area contributed by atoms with E-state index in [1.54, 1.807) is 4.90 Å². The fourth-order valence-corrected chi connectivity index (χ4v) is 2.52. The Balaban J connectivity index is 0.00000133. The van der Waals surface area contributed by atoms with Crippen molar-refractivity contribution in [3.63, 3.8) is 0 Å². The molecule has 19 heavy (non-hydrogen) atoms. The summed E-state index contributed by atoms with van der Waals surface area (Å²) in [6, 6.07) is 15.4. The number of primary amides is 1. The van der Waals surface area contributed by atoms with E-state index in [1.807, 2.05) is 36.4 Å². The van der Waals surface area contributed by atoms with Crippen molar-refractivity contribution in [2.45, 2.75) is 12.8 Å². The van der Waals surface area contributed by atoms with Crippen LogP contribution in [0, 0.1) is 0 Å². The molecule has 1 heterocycles. The van der Waals surface area contributed by atoms with E-state index >= 15 is 0 Å². The van der Waals surface area contributed by atoms with Gasteiger partial charge in [-0.25, -0.2) is 4.79 Å². The van der Waals surface area contributed by atoms with E-state index in [9.17, 15) is 4.79 Å². The van der Waals surface area contributed by atoms with Gasteiger partial charge in [-0.05, 0) is 36.1 Å². The lowest BCUT2D eigenvalue weighted by Crippen LogP contribution is -2.32. The second-order valence-corrected chi connectivity index (χ2v) is 4.43. The van der Waals surface area contributed by atoms with E-state index in [1.165, 1.54) is 0 Å². The first kappa shape index (κ1) is 13.1. The molecule has 2 aromatic carbocycles. The van der Waals surface area contributed by atoms with Crippen molar-refractivity contribution in [3.8, 4) is 0 Å². The first-order chi connectivity index (χ1) is 8.77. The summed E-state index contributed by atoms with van der Waals surface area (Å²) in [7, 11) is 0. The van der Waals surface area contributed by atoms with Gasteiger partial charge in [0.15, 0.2) is 0 Å². The number of amides is 2. The molecule has 1 aliphatic rings. The highest BCUT2D eigenvalue weighted by Crippen LogP contribution is 2.35. The van der Waals surface area contributed by atoms with Gasteiger partial charge in [0.25, 0.3) is 0 Å². The molecule has 0 spiro atoms. The van der Waals surface area contributed by atoms with E-state index in [0.717, 1.165) is 35.3 Å². The number of benzene rings is 2. The molecule has 2 amide bonds. The highest BCUT2D eigenvalue weighted by atomic mass is 16.2. The minimum atomic E-state index is -0.434. The summed E-state index contributed by atoms with van der Waals surface area (Å²) >= 11 is 0. The van der Waals surface area contributed by atoms with Gasteiger partial charge in [0.1, 0.15) is 0 Å². The number of urea groups is 1. The average Bonchev–Trinajstić information content (AvgIpc) is 2.55. The third-order valence-corrected chi connectivity index (χ3v) is 3.35.